The number of benzene rings is 1. The molecule has 1 rings (SSSR count). The lowest BCUT2D eigenvalue weighted by Gasteiger charge is -2.05. The first-order valence-corrected chi connectivity index (χ1v) is 6.08. The molecule has 1 aromatic carbocycles. The van der Waals surface area contributed by atoms with E-state index in [1.54, 1.807) is 6.92 Å². The van der Waals surface area contributed by atoms with Crippen LogP contribution in [-0.4, -0.2) is 31.1 Å². The number of carbonyl (C=O) groups excluding carboxylic acids is 3. The molecule has 0 saturated carbocycles. The monoisotopic (exact) mass is 295 g/mol. The fraction of sp³-hybridized carbons (Fsp3) is 0.214. The van der Waals surface area contributed by atoms with Gasteiger partial charge < -0.3 is 14.8 Å². The second-order valence-electron chi connectivity index (χ2n) is 3.75. The van der Waals surface area contributed by atoms with Gasteiger partial charge in [0, 0.05) is 17.8 Å². The Labute approximate surface area is 120 Å². The van der Waals surface area contributed by atoms with Crippen molar-refractivity contribution in [3.8, 4) is 0 Å². The first-order chi connectivity index (χ1) is 10.0. The van der Waals surface area contributed by atoms with E-state index in [1.165, 1.54) is 18.2 Å². The number of esters is 2. The quantitative estimate of drug-likeness (QED) is 0.634. The van der Waals surface area contributed by atoms with Crippen LogP contribution in [0, 0.1) is 5.82 Å². The summed E-state index contributed by atoms with van der Waals surface area (Å²) < 4.78 is 22.0. The minimum absolute atomic E-state index is 0.189. The molecule has 6 nitrogen and oxygen atoms in total. The van der Waals surface area contributed by atoms with Crippen LogP contribution in [0.4, 0.5) is 10.1 Å². The molecule has 1 N–H and O–H groups in total. The zero-order valence-electron chi connectivity index (χ0n) is 11.3. The van der Waals surface area contributed by atoms with Crippen LogP contribution in [-0.2, 0) is 23.9 Å². The van der Waals surface area contributed by atoms with E-state index in [2.05, 4.69) is 14.8 Å². The second kappa shape index (κ2) is 8.47. The third-order valence-electron chi connectivity index (χ3n) is 2.10. The van der Waals surface area contributed by atoms with Gasteiger partial charge in [-0.05, 0) is 25.1 Å². The van der Waals surface area contributed by atoms with Gasteiger partial charge >= 0.3 is 11.9 Å². The van der Waals surface area contributed by atoms with E-state index >= 15 is 0 Å². The Balaban J connectivity index is 2.36. The summed E-state index contributed by atoms with van der Waals surface area (Å²) in [6.45, 7) is 1.26. The van der Waals surface area contributed by atoms with Crippen LogP contribution < -0.4 is 5.32 Å². The highest BCUT2D eigenvalue weighted by Crippen LogP contribution is 2.08. The highest BCUT2D eigenvalue weighted by molar-refractivity contribution is 5.95. The first kappa shape index (κ1) is 16.4. The number of nitrogens with one attached hydrogen (secondary N) is 1. The van der Waals surface area contributed by atoms with Gasteiger partial charge in [-0.2, -0.15) is 0 Å². The number of ether oxygens (including phenoxy) is 2. The molecule has 0 heterocycles. The smallest absolute Gasteiger partial charge is 0.331 e. The van der Waals surface area contributed by atoms with E-state index in [1.807, 2.05) is 0 Å². The van der Waals surface area contributed by atoms with Crippen LogP contribution in [0.15, 0.2) is 36.4 Å². The number of anilines is 1. The van der Waals surface area contributed by atoms with Gasteiger partial charge in [0.2, 0.25) is 0 Å². The van der Waals surface area contributed by atoms with Crippen molar-refractivity contribution >= 4 is 23.5 Å². The molecule has 0 spiro atoms. The predicted octanol–water partition coefficient (Wildman–Crippen LogP) is 1.43. The molecule has 0 atom stereocenters. The first-order valence-electron chi connectivity index (χ1n) is 6.08. The summed E-state index contributed by atoms with van der Waals surface area (Å²) in [6.07, 6.45) is 1.75. The van der Waals surface area contributed by atoms with Gasteiger partial charge in [0.25, 0.3) is 5.91 Å². The van der Waals surface area contributed by atoms with Gasteiger partial charge in [-0.25, -0.2) is 14.0 Å². The lowest BCUT2D eigenvalue weighted by atomic mass is 10.3. The van der Waals surface area contributed by atoms with Gasteiger partial charge in [-0.15, -0.1) is 0 Å². The maximum absolute atomic E-state index is 12.9. The molecule has 1 aromatic rings. The van der Waals surface area contributed by atoms with E-state index < -0.39 is 30.3 Å². The largest absolute Gasteiger partial charge is 0.463 e. The summed E-state index contributed by atoms with van der Waals surface area (Å²) in [5.41, 5.74) is 0.248. The molecule has 7 heteroatoms. The lowest BCUT2D eigenvalue weighted by Crippen LogP contribution is -2.20. The Morgan fingerprint density at radius 2 is 1.86 bits per heavy atom. The third-order valence-corrected chi connectivity index (χ3v) is 2.10. The molecule has 21 heavy (non-hydrogen) atoms. The van der Waals surface area contributed by atoms with Crippen LogP contribution in [0.25, 0.3) is 0 Å². The Kier molecular flexibility index (Phi) is 6.59. The Morgan fingerprint density at radius 3 is 2.48 bits per heavy atom. The zero-order valence-corrected chi connectivity index (χ0v) is 11.3. The maximum atomic E-state index is 12.9. The number of hydrogen-bond acceptors (Lipinski definition) is 5. The molecule has 0 unspecified atom stereocenters. The Morgan fingerprint density at radius 1 is 1.19 bits per heavy atom. The summed E-state index contributed by atoms with van der Waals surface area (Å²) in [4.78, 5) is 33.6. The molecular weight excluding hydrogens is 281 g/mol. The average Bonchev–Trinajstić information content (AvgIpc) is 2.43. The van der Waals surface area contributed by atoms with Crippen LogP contribution in [0.2, 0.25) is 0 Å². The van der Waals surface area contributed by atoms with Crippen LogP contribution in [0.5, 0.6) is 0 Å². The molecule has 0 radical (unpaired) electrons. The van der Waals surface area contributed by atoms with Crippen molar-refractivity contribution in [2.45, 2.75) is 6.92 Å². The summed E-state index contributed by atoms with van der Waals surface area (Å²) in [5, 5.41) is 2.35. The predicted molar refractivity (Wildman–Crippen MR) is 71.8 cm³/mol. The highest BCUT2D eigenvalue weighted by Gasteiger charge is 2.06. The fourth-order valence-electron chi connectivity index (χ4n) is 1.27. The molecular formula is C14H14FNO5. The molecule has 0 aliphatic heterocycles. The molecule has 0 fully saturated rings. The highest BCUT2D eigenvalue weighted by atomic mass is 19.1. The van der Waals surface area contributed by atoms with Crippen molar-refractivity contribution in [1.29, 1.82) is 0 Å². The SMILES string of the molecule is CCOC(=O)C=CC(=O)OCC(=O)Nc1cccc(F)c1. The minimum Gasteiger partial charge on any atom is -0.463 e. The summed E-state index contributed by atoms with van der Waals surface area (Å²) in [6, 6.07) is 5.28. The summed E-state index contributed by atoms with van der Waals surface area (Å²) in [5.74, 6) is -2.67. The molecule has 0 aliphatic carbocycles. The van der Waals surface area contributed by atoms with Gasteiger partial charge in [0.05, 0.1) is 6.61 Å². The van der Waals surface area contributed by atoms with Crippen molar-refractivity contribution in [1.82, 2.24) is 0 Å². The van der Waals surface area contributed by atoms with Gasteiger partial charge in [-0.3, -0.25) is 4.79 Å². The molecule has 1 amide bonds. The number of amides is 1. The van der Waals surface area contributed by atoms with Crippen molar-refractivity contribution in [2.75, 3.05) is 18.5 Å². The van der Waals surface area contributed by atoms with Crippen molar-refractivity contribution < 1.29 is 28.2 Å². The standard InChI is InChI=1S/C14H14FNO5/c1-2-20-13(18)6-7-14(19)21-9-12(17)16-11-5-3-4-10(15)8-11/h3-8H,2,9H2,1H3,(H,16,17). The van der Waals surface area contributed by atoms with Crippen molar-refractivity contribution in [3.05, 3.63) is 42.2 Å². The van der Waals surface area contributed by atoms with E-state index in [-0.39, 0.29) is 12.3 Å². The van der Waals surface area contributed by atoms with Crippen LogP contribution >= 0.6 is 0 Å². The number of rotatable bonds is 6. The molecule has 0 saturated heterocycles. The fourth-order valence-corrected chi connectivity index (χ4v) is 1.27. The second-order valence-corrected chi connectivity index (χ2v) is 3.75. The Hall–Kier alpha value is -2.70. The van der Waals surface area contributed by atoms with Crippen LogP contribution in [0.3, 0.4) is 0 Å². The Bertz CT molecular complexity index is 556. The minimum atomic E-state index is -0.863. The summed E-state index contributed by atoms with van der Waals surface area (Å²) in [7, 11) is 0. The molecule has 0 bridgehead atoms. The van der Waals surface area contributed by atoms with Gasteiger partial charge in [0.15, 0.2) is 6.61 Å². The average molecular weight is 295 g/mol. The molecule has 0 aromatic heterocycles. The van der Waals surface area contributed by atoms with E-state index in [0.29, 0.717) is 0 Å². The van der Waals surface area contributed by atoms with Gasteiger partial charge in [0.1, 0.15) is 5.82 Å². The van der Waals surface area contributed by atoms with Crippen molar-refractivity contribution in [3.63, 3.8) is 0 Å². The molecule has 112 valence electrons. The van der Waals surface area contributed by atoms with Gasteiger partial charge in [-0.1, -0.05) is 6.07 Å². The molecule has 0 aliphatic rings. The number of halogens is 1. The van der Waals surface area contributed by atoms with E-state index in [4.69, 9.17) is 0 Å². The zero-order chi connectivity index (χ0) is 15.7. The van der Waals surface area contributed by atoms with Crippen LogP contribution in [0.1, 0.15) is 6.92 Å². The van der Waals surface area contributed by atoms with E-state index in [9.17, 15) is 18.8 Å². The third kappa shape index (κ3) is 6.86. The lowest BCUT2D eigenvalue weighted by molar-refractivity contribution is -0.143. The normalized spacial score (nSPS) is 10.2. The summed E-state index contributed by atoms with van der Waals surface area (Å²) >= 11 is 0. The topological polar surface area (TPSA) is 81.7 Å². The maximum Gasteiger partial charge on any atom is 0.331 e. The van der Waals surface area contributed by atoms with E-state index in [0.717, 1.165) is 18.2 Å². The number of carbonyl (C=O) groups is 3. The number of hydrogen-bond donors (Lipinski definition) is 1. The van der Waals surface area contributed by atoms with Crippen molar-refractivity contribution in [2.24, 2.45) is 0 Å².